The van der Waals surface area contributed by atoms with Crippen molar-refractivity contribution in [1.82, 2.24) is 0 Å². The smallest absolute Gasteiger partial charge is 0.338 e. The molecule has 2 nitrogen and oxygen atoms in total. The number of halogens is 2. The van der Waals surface area contributed by atoms with Crippen LogP contribution < -0.4 is 0 Å². The number of carboxylic acid groups (broad SMARTS) is 1. The van der Waals surface area contributed by atoms with Crippen LogP contribution in [0.1, 0.15) is 10.4 Å². The van der Waals surface area contributed by atoms with Gasteiger partial charge in [0, 0.05) is 10.0 Å². The van der Waals surface area contributed by atoms with Crippen molar-refractivity contribution in [3.8, 4) is 11.1 Å². The van der Waals surface area contributed by atoms with Crippen molar-refractivity contribution in [2.24, 2.45) is 0 Å². The first-order valence-electron chi connectivity index (χ1n) is 4.87. The summed E-state index contributed by atoms with van der Waals surface area (Å²) in [7, 11) is 0. The van der Waals surface area contributed by atoms with Gasteiger partial charge < -0.3 is 5.11 Å². The van der Waals surface area contributed by atoms with Gasteiger partial charge in [0.15, 0.2) is 0 Å². The van der Waals surface area contributed by atoms with Crippen molar-refractivity contribution in [2.45, 2.75) is 0 Å². The molecule has 2 rings (SSSR count). The quantitative estimate of drug-likeness (QED) is 0.910. The Hall–Kier alpha value is -1.68. The zero-order valence-electron chi connectivity index (χ0n) is 8.65. The van der Waals surface area contributed by atoms with E-state index in [0.29, 0.717) is 5.56 Å². The second-order valence-electron chi connectivity index (χ2n) is 3.48. The SMILES string of the molecule is O=C(O)c1cccc(-c2cccc(Br)c2)c1F. The van der Waals surface area contributed by atoms with E-state index in [1.165, 1.54) is 12.1 Å². The molecule has 0 fully saturated rings. The van der Waals surface area contributed by atoms with Crippen LogP contribution in [0.25, 0.3) is 11.1 Å². The van der Waals surface area contributed by atoms with Gasteiger partial charge in [-0.15, -0.1) is 0 Å². The van der Waals surface area contributed by atoms with E-state index in [1.54, 1.807) is 24.3 Å². The zero-order chi connectivity index (χ0) is 12.4. The van der Waals surface area contributed by atoms with Gasteiger partial charge in [0.05, 0.1) is 5.56 Å². The number of carbonyl (C=O) groups is 1. The molecular formula is C13H8BrFO2. The molecule has 86 valence electrons. The van der Waals surface area contributed by atoms with Crippen LogP contribution in [-0.4, -0.2) is 11.1 Å². The summed E-state index contributed by atoms with van der Waals surface area (Å²) in [6.07, 6.45) is 0. The first-order valence-corrected chi connectivity index (χ1v) is 5.66. The van der Waals surface area contributed by atoms with Crippen LogP contribution in [0.2, 0.25) is 0 Å². The fourth-order valence-corrected chi connectivity index (χ4v) is 1.98. The van der Waals surface area contributed by atoms with E-state index in [1.807, 2.05) is 6.07 Å². The van der Waals surface area contributed by atoms with Gasteiger partial charge in [-0.25, -0.2) is 9.18 Å². The third kappa shape index (κ3) is 2.36. The van der Waals surface area contributed by atoms with Gasteiger partial charge in [0.2, 0.25) is 0 Å². The molecule has 0 unspecified atom stereocenters. The summed E-state index contributed by atoms with van der Waals surface area (Å²) in [5.74, 6) is -1.97. The molecule has 0 saturated carbocycles. The molecule has 2 aromatic rings. The number of hydrogen-bond donors (Lipinski definition) is 1. The van der Waals surface area contributed by atoms with Gasteiger partial charge in [0.1, 0.15) is 5.82 Å². The standard InChI is InChI=1S/C13H8BrFO2/c14-9-4-1-3-8(7-9)10-5-2-6-11(12(10)15)13(16)17/h1-7H,(H,16,17). The van der Waals surface area contributed by atoms with Crippen molar-refractivity contribution >= 4 is 21.9 Å². The second-order valence-corrected chi connectivity index (χ2v) is 4.40. The summed E-state index contributed by atoms with van der Waals surface area (Å²) >= 11 is 3.29. The molecule has 0 amide bonds. The minimum absolute atomic E-state index is 0.284. The van der Waals surface area contributed by atoms with E-state index in [2.05, 4.69) is 15.9 Å². The lowest BCUT2D eigenvalue weighted by molar-refractivity contribution is 0.0692. The summed E-state index contributed by atoms with van der Waals surface area (Å²) in [5, 5.41) is 8.84. The minimum atomic E-state index is -1.26. The van der Waals surface area contributed by atoms with Gasteiger partial charge in [0.25, 0.3) is 0 Å². The molecule has 4 heteroatoms. The Balaban J connectivity index is 2.60. The molecule has 0 atom stereocenters. The molecule has 17 heavy (non-hydrogen) atoms. The van der Waals surface area contributed by atoms with Crippen molar-refractivity contribution in [1.29, 1.82) is 0 Å². The summed E-state index contributed by atoms with van der Waals surface area (Å²) in [5.41, 5.74) is 0.605. The first kappa shape index (κ1) is 11.8. The van der Waals surface area contributed by atoms with Crippen molar-refractivity contribution in [3.05, 3.63) is 58.3 Å². The highest BCUT2D eigenvalue weighted by atomic mass is 79.9. The predicted molar refractivity (Wildman–Crippen MR) is 66.5 cm³/mol. The Bertz CT molecular complexity index is 581. The van der Waals surface area contributed by atoms with E-state index in [0.717, 1.165) is 4.47 Å². The Labute approximate surface area is 106 Å². The third-order valence-corrected chi connectivity index (χ3v) is 2.86. The van der Waals surface area contributed by atoms with Crippen molar-refractivity contribution in [2.75, 3.05) is 0 Å². The molecule has 0 heterocycles. The molecule has 2 aromatic carbocycles. The average molecular weight is 295 g/mol. The Morgan fingerprint density at radius 2 is 1.88 bits per heavy atom. The number of hydrogen-bond acceptors (Lipinski definition) is 1. The van der Waals surface area contributed by atoms with E-state index in [-0.39, 0.29) is 11.1 Å². The van der Waals surface area contributed by atoms with Crippen LogP contribution in [0.15, 0.2) is 46.9 Å². The van der Waals surface area contributed by atoms with Crippen LogP contribution in [0.4, 0.5) is 4.39 Å². The van der Waals surface area contributed by atoms with Gasteiger partial charge in [-0.2, -0.15) is 0 Å². The number of rotatable bonds is 2. The van der Waals surface area contributed by atoms with E-state index >= 15 is 0 Å². The van der Waals surface area contributed by atoms with Crippen molar-refractivity contribution in [3.63, 3.8) is 0 Å². The molecule has 0 aliphatic heterocycles. The van der Waals surface area contributed by atoms with E-state index < -0.39 is 11.8 Å². The molecule has 1 N–H and O–H groups in total. The van der Waals surface area contributed by atoms with Gasteiger partial charge in [-0.05, 0) is 23.8 Å². The molecule has 0 bridgehead atoms. The maximum Gasteiger partial charge on any atom is 0.338 e. The number of benzene rings is 2. The first-order chi connectivity index (χ1) is 8.09. The predicted octanol–water partition coefficient (Wildman–Crippen LogP) is 3.95. The Morgan fingerprint density at radius 3 is 2.53 bits per heavy atom. The molecule has 0 saturated heterocycles. The molecule has 0 aromatic heterocycles. The lowest BCUT2D eigenvalue weighted by atomic mass is 10.0. The lowest BCUT2D eigenvalue weighted by Gasteiger charge is -2.06. The van der Waals surface area contributed by atoms with Crippen LogP contribution in [-0.2, 0) is 0 Å². The summed E-state index contributed by atoms with van der Waals surface area (Å²) in [6.45, 7) is 0. The topological polar surface area (TPSA) is 37.3 Å². The van der Waals surface area contributed by atoms with Crippen LogP contribution >= 0.6 is 15.9 Å². The van der Waals surface area contributed by atoms with Gasteiger partial charge in [-0.1, -0.05) is 40.2 Å². The highest BCUT2D eigenvalue weighted by Crippen LogP contribution is 2.27. The maximum atomic E-state index is 13.9. The van der Waals surface area contributed by atoms with E-state index in [4.69, 9.17) is 5.11 Å². The fraction of sp³-hybridized carbons (Fsp3) is 0. The number of aromatic carboxylic acids is 1. The normalized spacial score (nSPS) is 10.2. The van der Waals surface area contributed by atoms with Crippen LogP contribution in [0.3, 0.4) is 0 Å². The maximum absolute atomic E-state index is 13.9. The number of carboxylic acids is 1. The summed E-state index contributed by atoms with van der Waals surface area (Å²) in [6, 6.07) is 11.4. The molecular weight excluding hydrogens is 287 g/mol. The second kappa shape index (κ2) is 4.67. The third-order valence-electron chi connectivity index (χ3n) is 2.36. The van der Waals surface area contributed by atoms with Crippen LogP contribution in [0.5, 0.6) is 0 Å². The van der Waals surface area contributed by atoms with Gasteiger partial charge >= 0.3 is 5.97 Å². The van der Waals surface area contributed by atoms with Crippen LogP contribution in [0, 0.1) is 5.82 Å². The largest absolute Gasteiger partial charge is 0.478 e. The average Bonchev–Trinajstić information content (AvgIpc) is 2.29. The zero-order valence-corrected chi connectivity index (χ0v) is 10.2. The fourth-order valence-electron chi connectivity index (χ4n) is 1.58. The van der Waals surface area contributed by atoms with Gasteiger partial charge in [-0.3, -0.25) is 0 Å². The highest BCUT2D eigenvalue weighted by Gasteiger charge is 2.14. The Kier molecular flexibility index (Phi) is 3.24. The monoisotopic (exact) mass is 294 g/mol. The highest BCUT2D eigenvalue weighted by molar-refractivity contribution is 9.10. The Morgan fingerprint density at radius 1 is 1.18 bits per heavy atom. The lowest BCUT2D eigenvalue weighted by Crippen LogP contribution is -2.01. The minimum Gasteiger partial charge on any atom is -0.478 e. The van der Waals surface area contributed by atoms with E-state index in [9.17, 15) is 9.18 Å². The summed E-state index contributed by atoms with van der Waals surface area (Å²) < 4.78 is 14.8. The summed E-state index contributed by atoms with van der Waals surface area (Å²) in [4.78, 5) is 10.8. The molecule has 0 aliphatic carbocycles. The molecule has 0 spiro atoms. The molecule has 0 radical (unpaired) electrons. The molecule has 0 aliphatic rings. The van der Waals surface area contributed by atoms with Crippen molar-refractivity contribution < 1.29 is 14.3 Å².